The van der Waals surface area contributed by atoms with E-state index in [0.717, 1.165) is 61.8 Å². The molecule has 3 amide bonds. The van der Waals surface area contributed by atoms with Gasteiger partial charge < -0.3 is 4.90 Å². The van der Waals surface area contributed by atoms with Crippen LogP contribution in [0.3, 0.4) is 0 Å². The number of hydrogen-bond acceptors (Lipinski definition) is 5. The molecule has 0 atom stereocenters. The number of nitrogens with zero attached hydrogens (tertiary/aromatic N) is 3. The normalized spacial score (nSPS) is 23.4. The number of fused-ring (bicyclic) bond motifs is 1. The zero-order valence-electron chi connectivity index (χ0n) is 18.9. The third-order valence-electron chi connectivity index (χ3n) is 7.89. The van der Waals surface area contributed by atoms with Gasteiger partial charge in [-0.1, -0.05) is 18.9 Å². The molecule has 2 heterocycles. The average Bonchev–Trinajstić information content (AvgIpc) is 3.39. The lowest BCUT2D eigenvalue weighted by molar-refractivity contribution is -0.147. The van der Waals surface area contributed by atoms with E-state index in [1.165, 1.54) is 9.87 Å². The quantitative estimate of drug-likeness (QED) is 0.621. The van der Waals surface area contributed by atoms with Crippen LogP contribution < -0.4 is 0 Å². The van der Waals surface area contributed by atoms with Crippen LogP contribution in [0, 0.1) is 5.41 Å². The highest BCUT2D eigenvalue weighted by Gasteiger charge is 2.53. The van der Waals surface area contributed by atoms with Crippen molar-refractivity contribution in [2.75, 3.05) is 32.7 Å². The number of carbonyl (C=O) groups is 3. The van der Waals surface area contributed by atoms with Gasteiger partial charge in [0, 0.05) is 32.6 Å². The van der Waals surface area contributed by atoms with Crippen molar-refractivity contribution < 1.29 is 22.8 Å². The van der Waals surface area contributed by atoms with Gasteiger partial charge in [0.25, 0.3) is 0 Å². The second-order valence-electron chi connectivity index (χ2n) is 9.87. The van der Waals surface area contributed by atoms with Gasteiger partial charge in [0.05, 0.1) is 10.3 Å². The van der Waals surface area contributed by atoms with Gasteiger partial charge in [-0.3, -0.25) is 19.3 Å². The van der Waals surface area contributed by atoms with Crippen molar-refractivity contribution in [3.63, 3.8) is 0 Å². The maximum absolute atomic E-state index is 13.2. The Balaban J connectivity index is 1.21. The summed E-state index contributed by atoms with van der Waals surface area (Å²) in [6.07, 6.45) is 7.69. The molecule has 3 fully saturated rings. The van der Waals surface area contributed by atoms with E-state index >= 15 is 0 Å². The zero-order chi connectivity index (χ0) is 23.2. The lowest BCUT2D eigenvalue weighted by atomic mass is 9.84. The number of aryl methyl sites for hydroxylation is 2. The van der Waals surface area contributed by atoms with Crippen LogP contribution in [0.2, 0.25) is 0 Å². The lowest BCUT2D eigenvalue weighted by Crippen LogP contribution is -2.53. The highest BCUT2D eigenvalue weighted by Crippen LogP contribution is 2.46. The van der Waals surface area contributed by atoms with Crippen molar-refractivity contribution in [2.24, 2.45) is 5.41 Å². The summed E-state index contributed by atoms with van der Waals surface area (Å²) in [5.41, 5.74) is 1.77. The monoisotopic (exact) mass is 473 g/mol. The molecule has 1 aromatic carbocycles. The van der Waals surface area contributed by atoms with Crippen molar-refractivity contribution in [3.05, 3.63) is 29.3 Å². The number of benzene rings is 1. The summed E-state index contributed by atoms with van der Waals surface area (Å²) in [6.45, 7) is 0.680. The first-order valence-electron chi connectivity index (χ1n) is 12.0. The number of piperazine rings is 1. The Morgan fingerprint density at radius 3 is 2.27 bits per heavy atom. The van der Waals surface area contributed by atoms with E-state index in [-0.39, 0.29) is 56.9 Å². The van der Waals surface area contributed by atoms with E-state index in [9.17, 15) is 22.8 Å². The molecule has 0 radical (unpaired) electrons. The van der Waals surface area contributed by atoms with E-state index in [4.69, 9.17) is 0 Å². The molecule has 5 rings (SSSR count). The highest BCUT2D eigenvalue weighted by molar-refractivity contribution is 7.89. The van der Waals surface area contributed by atoms with Gasteiger partial charge in [-0.05, 0) is 61.8 Å². The predicted octanol–water partition coefficient (Wildman–Crippen LogP) is 1.72. The molecule has 0 unspecified atom stereocenters. The highest BCUT2D eigenvalue weighted by atomic mass is 32.2. The minimum absolute atomic E-state index is 0.202. The SMILES string of the molecule is O=C(CN1C(=O)CC2(CCCC2)C1=O)N1CCN(S(=O)(=O)c2ccc3c(c2)CCCC3)CC1. The lowest BCUT2D eigenvalue weighted by Gasteiger charge is -2.35. The minimum atomic E-state index is -3.62. The Labute approximate surface area is 195 Å². The van der Waals surface area contributed by atoms with E-state index < -0.39 is 15.4 Å². The molecular weight excluding hydrogens is 442 g/mol. The topological polar surface area (TPSA) is 95.1 Å². The van der Waals surface area contributed by atoms with Crippen molar-refractivity contribution >= 4 is 27.7 Å². The average molecular weight is 474 g/mol. The van der Waals surface area contributed by atoms with Crippen LogP contribution in [-0.4, -0.2) is 73.0 Å². The first kappa shape index (κ1) is 22.5. The number of amides is 3. The zero-order valence-corrected chi connectivity index (χ0v) is 19.7. The number of imide groups is 1. The Bertz CT molecular complexity index is 1090. The number of rotatable bonds is 4. The van der Waals surface area contributed by atoms with Crippen molar-refractivity contribution in [1.29, 1.82) is 0 Å². The first-order valence-corrected chi connectivity index (χ1v) is 13.5. The Kier molecular flexibility index (Phi) is 5.81. The third-order valence-corrected chi connectivity index (χ3v) is 9.79. The fourth-order valence-corrected chi connectivity index (χ4v) is 7.37. The van der Waals surface area contributed by atoms with Crippen LogP contribution >= 0.6 is 0 Å². The molecule has 8 nitrogen and oxygen atoms in total. The predicted molar refractivity (Wildman–Crippen MR) is 121 cm³/mol. The molecule has 2 saturated heterocycles. The number of sulfonamides is 1. The second kappa shape index (κ2) is 8.51. The molecule has 1 saturated carbocycles. The van der Waals surface area contributed by atoms with E-state index in [0.29, 0.717) is 4.90 Å². The van der Waals surface area contributed by atoms with Crippen LogP contribution in [-0.2, 0) is 37.2 Å². The Morgan fingerprint density at radius 2 is 1.58 bits per heavy atom. The number of likely N-dealkylation sites (tertiary alicyclic amines) is 1. The van der Waals surface area contributed by atoms with Gasteiger partial charge >= 0.3 is 0 Å². The maximum atomic E-state index is 13.2. The van der Waals surface area contributed by atoms with E-state index in [1.54, 1.807) is 11.0 Å². The summed E-state index contributed by atoms with van der Waals surface area (Å²) in [7, 11) is -3.62. The van der Waals surface area contributed by atoms with Gasteiger partial charge in [-0.15, -0.1) is 0 Å². The number of hydrogen-bond donors (Lipinski definition) is 0. The molecule has 9 heteroatoms. The second-order valence-corrected chi connectivity index (χ2v) is 11.8. The van der Waals surface area contributed by atoms with Gasteiger partial charge in [0.1, 0.15) is 6.54 Å². The van der Waals surface area contributed by atoms with Crippen LogP contribution in [0.4, 0.5) is 0 Å². The summed E-state index contributed by atoms with van der Waals surface area (Å²) < 4.78 is 27.8. The van der Waals surface area contributed by atoms with Gasteiger partial charge in [0.15, 0.2) is 0 Å². The summed E-state index contributed by atoms with van der Waals surface area (Å²) in [6, 6.07) is 5.44. The molecule has 178 valence electrons. The Morgan fingerprint density at radius 1 is 0.909 bits per heavy atom. The molecule has 0 aromatic heterocycles. The molecule has 1 spiro atoms. The summed E-state index contributed by atoms with van der Waals surface area (Å²) >= 11 is 0. The van der Waals surface area contributed by atoms with E-state index in [2.05, 4.69) is 0 Å². The molecule has 0 bridgehead atoms. The van der Waals surface area contributed by atoms with Gasteiger partial charge in [0.2, 0.25) is 27.7 Å². The Hall–Kier alpha value is -2.26. The first-order chi connectivity index (χ1) is 15.8. The van der Waals surface area contributed by atoms with Crippen LogP contribution in [0.25, 0.3) is 0 Å². The fraction of sp³-hybridized carbons (Fsp3) is 0.625. The summed E-state index contributed by atoms with van der Waals surface area (Å²) in [4.78, 5) is 41.2. The van der Waals surface area contributed by atoms with Crippen molar-refractivity contribution in [3.8, 4) is 0 Å². The fourth-order valence-electron chi connectivity index (χ4n) is 5.89. The largest absolute Gasteiger partial charge is 0.338 e. The van der Waals surface area contributed by atoms with Crippen LogP contribution in [0.1, 0.15) is 56.1 Å². The van der Waals surface area contributed by atoms with Crippen molar-refractivity contribution in [2.45, 2.75) is 62.7 Å². The third kappa shape index (κ3) is 3.99. The standard InChI is InChI=1S/C24H31N3O5S/c28-21-16-24(9-3-4-10-24)23(30)27(21)17-22(29)25-11-13-26(14-12-25)33(31,32)20-8-7-18-5-1-2-6-19(18)15-20/h7-8,15H,1-6,9-14,16-17H2. The van der Waals surface area contributed by atoms with E-state index in [1.807, 2.05) is 12.1 Å². The molecule has 2 aliphatic heterocycles. The van der Waals surface area contributed by atoms with Crippen LogP contribution in [0.5, 0.6) is 0 Å². The maximum Gasteiger partial charge on any atom is 0.243 e. The number of carbonyl (C=O) groups excluding carboxylic acids is 3. The molecule has 2 aliphatic carbocycles. The molecule has 0 N–H and O–H groups in total. The van der Waals surface area contributed by atoms with Gasteiger partial charge in [-0.25, -0.2) is 8.42 Å². The minimum Gasteiger partial charge on any atom is -0.338 e. The molecule has 33 heavy (non-hydrogen) atoms. The van der Waals surface area contributed by atoms with Crippen LogP contribution in [0.15, 0.2) is 23.1 Å². The van der Waals surface area contributed by atoms with Crippen molar-refractivity contribution in [1.82, 2.24) is 14.1 Å². The molecule has 1 aromatic rings. The summed E-state index contributed by atoms with van der Waals surface area (Å²) in [5.74, 6) is -0.756. The van der Waals surface area contributed by atoms with Gasteiger partial charge in [-0.2, -0.15) is 4.31 Å². The molecular formula is C24H31N3O5S. The smallest absolute Gasteiger partial charge is 0.243 e. The molecule has 4 aliphatic rings. The summed E-state index contributed by atoms with van der Waals surface area (Å²) in [5, 5.41) is 0.